The summed E-state index contributed by atoms with van der Waals surface area (Å²) in [4.78, 5) is 13.9. The number of hydrogen-bond donors (Lipinski definition) is 0. The molecule has 2 aromatic rings. The molecule has 0 aliphatic carbocycles. The highest BCUT2D eigenvalue weighted by Gasteiger charge is 2.32. The van der Waals surface area contributed by atoms with Crippen LogP contribution in [-0.2, 0) is 14.8 Å². The topological polar surface area (TPSA) is 85.4 Å². The Labute approximate surface area is 185 Å². The van der Waals surface area contributed by atoms with Crippen molar-refractivity contribution in [3.05, 3.63) is 47.2 Å². The Hall–Kier alpha value is -2.56. The largest absolute Gasteiger partial charge is 0.497 e. The van der Waals surface area contributed by atoms with E-state index in [2.05, 4.69) is 0 Å². The third kappa shape index (κ3) is 5.20. The summed E-state index contributed by atoms with van der Waals surface area (Å²) in [5.74, 6) is -0.00946. The summed E-state index contributed by atoms with van der Waals surface area (Å²) in [7, 11) is -0.998. The van der Waals surface area contributed by atoms with Crippen molar-refractivity contribution in [3.8, 4) is 17.2 Å². The summed E-state index contributed by atoms with van der Waals surface area (Å²) in [6.45, 7) is 0.391. The van der Waals surface area contributed by atoms with Gasteiger partial charge in [-0.2, -0.15) is 4.31 Å². The number of amides is 1. The van der Waals surface area contributed by atoms with Gasteiger partial charge in [0.15, 0.2) is 6.61 Å². The lowest BCUT2D eigenvalue weighted by Gasteiger charge is -2.34. The molecular formula is C20H22ClFN2O6S. The third-order valence-electron chi connectivity index (χ3n) is 4.83. The highest BCUT2D eigenvalue weighted by Crippen LogP contribution is 2.31. The third-order valence-corrected chi connectivity index (χ3v) is 7.04. The standard InChI is InChI=1S/C20H22ClFN2O6S/c1-28-14-4-6-18(29-2)19(12-14)31(26,27)24-9-7-23(8-10-24)20(25)13-30-15-3-5-17(22)16(21)11-15/h3-6,11-12H,7-10,13H2,1-2H3. The molecule has 0 atom stereocenters. The number of carbonyl (C=O) groups excluding carboxylic acids is 1. The number of methoxy groups -OCH3 is 2. The van der Waals surface area contributed by atoms with Gasteiger partial charge in [0.1, 0.15) is 28.0 Å². The summed E-state index contributed by atoms with van der Waals surface area (Å²) < 4.78 is 56.4. The zero-order valence-corrected chi connectivity index (χ0v) is 18.6. The molecule has 1 heterocycles. The Morgan fingerprint density at radius 1 is 1.03 bits per heavy atom. The van der Waals surface area contributed by atoms with E-state index >= 15 is 0 Å². The predicted molar refractivity (Wildman–Crippen MR) is 112 cm³/mol. The number of benzene rings is 2. The van der Waals surface area contributed by atoms with Crippen LogP contribution in [0.2, 0.25) is 5.02 Å². The number of halogens is 2. The van der Waals surface area contributed by atoms with E-state index in [0.717, 1.165) is 6.07 Å². The van der Waals surface area contributed by atoms with Gasteiger partial charge in [0.25, 0.3) is 5.91 Å². The number of carbonyl (C=O) groups is 1. The molecule has 0 saturated carbocycles. The highest BCUT2D eigenvalue weighted by molar-refractivity contribution is 7.89. The minimum Gasteiger partial charge on any atom is -0.497 e. The summed E-state index contributed by atoms with van der Waals surface area (Å²) >= 11 is 5.70. The molecule has 2 aromatic carbocycles. The number of nitrogens with zero attached hydrogens (tertiary/aromatic N) is 2. The molecule has 0 radical (unpaired) electrons. The minimum atomic E-state index is -3.84. The molecule has 1 saturated heterocycles. The Bertz CT molecular complexity index is 1060. The second-order valence-corrected chi connectivity index (χ2v) is 8.98. The fraction of sp³-hybridized carbons (Fsp3) is 0.350. The van der Waals surface area contributed by atoms with E-state index in [9.17, 15) is 17.6 Å². The number of hydrogen-bond acceptors (Lipinski definition) is 6. The SMILES string of the molecule is COc1ccc(OC)c(S(=O)(=O)N2CCN(C(=O)COc3ccc(F)c(Cl)c3)CC2)c1. The maximum Gasteiger partial charge on any atom is 0.260 e. The smallest absolute Gasteiger partial charge is 0.260 e. The van der Waals surface area contributed by atoms with Crippen molar-refractivity contribution in [1.82, 2.24) is 9.21 Å². The van der Waals surface area contributed by atoms with E-state index in [4.69, 9.17) is 25.8 Å². The number of piperazine rings is 1. The van der Waals surface area contributed by atoms with Crippen LogP contribution in [0, 0.1) is 5.82 Å². The van der Waals surface area contributed by atoms with Crippen molar-refractivity contribution < 1.29 is 31.8 Å². The molecule has 1 aliphatic rings. The van der Waals surface area contributed by atoms with Crippen LogP contribution >= 0.6 is 11.6 Å². The van der Waals surface area contributed by atoms with Crippen molar-refractivity contribution in [2.24, 2.45) is 0 Å². The first-order chi connectivity index (χ1) is 14.8. The van der Waals surface area contributed by atoms with Gasteiger partial charge in [-0.15, -0.1) is 0 Å². The predicted octanol–water partition coefficient (Wildman–Crippen LogP) is 2.41. The van der Waals surface area contributed by atoms with Crippen LogP contribution in [0.1, 0.15) is 0 Å². The summed E-state index contributed by atoms with van der Waals surface area (Å²) in [5.41, 5.74) is 0. The van der Waals surface area contributed by atoms with Gasteiger partial charge in [-0.3, -0.25) is 4.79 Å². The first-order valence-electron chi connectivity index (χ1n) is 9.34. The van der Waals surface area contributed by atoms with Gasteiger partial charge in [-0.1, -0.05) is 11.6 Å². The number of sulfonamides is 1. The van der Waals surface area contributed by atoms with Gasteiger partial charge in [-0.05, 0) is 24.3 Å². The van der Waals surface area contributed by atoms with Crippen molar-refractivity contribution in [1.29, 1.82) is 0 Å². The highest BCUT2D eigenvalue weighted by atomic mass is 35.5. The molecule has 0 aromatic heterocycles. The van der Waals surface area contributed by atoms with Gasteiger partial charge in [-0.25, -0.2) is 12.8 Å². The zero-order chi connectivity index (χ0) is 22.6. The summed E-state index contributed by atoms with van der Waals surface area (Å²) in [6.07, 6.45) is 0. The molecule has 0 spiro atoms. The molecule has 0 bridgehead atoms. The van der Waals surface area contributed by atoms with Crippen LogP contribution in [-0.4, -0.2) is 70.5 Å². The second-order valence-electron chi connectivity index (χ2n) is 6.67. The fourth-order valence-electron chi connectivity index (χ4n) is 3.11. The van der Waals surface area contributed by atoms with E-state index in [1.807, 2.05) is 0 Å². The quantitative estimate of drug-likeness (QED) is 0.615. The lowest BCUT2D eigenvalue weighted by Crippen LogP contribution is -2.51. The average Bonchev–Trinajstić information content (AvgIpc) is 2.79. The normalized spacial score (nSPS) is 14.9. The average molecular weight is 473 g/mol. The Morgan fingerprint density at radius 2 is 1.71 bits per heavy atom. The minimum absolute atomic E-state index is 0.00523. The summed E-state index contributed by atoms with van der Waals surface area (Å²) in [6, 6.07) is 8.37. The van der Waals surface area contributed by atoms with Crippen molar-refractivity contribution in [3.63, 3.8) is 0 Å². The molecule has 0 N–H and O–H groups in total. The van der Waals surface area contributed by atoms with Gasteiger partial charge >= 0.3 is 0 Å². The molecule has 168 valence electrons. The maximum atomic E-state index is 13.2. The monoisotopic (exact) mass is 472 g/mol. The molecule has 1 fully saturated rings. The van der Waals surface area contributed by atoms with Crippen LogP contribution in [0.25, 0.3) is 0 Å². The Balaban J connectivity index is 1.62. The first kappa shape index (κ1) is 23.1. The molecule has 0 unspecified atom stereocenters. The number of ether oxygens (including phenoxy) is 3. The maximum absolute atomic E-state index is 13.2. The zero-order valence-electron chi connectivity index (χ0n) is 17.0. The van der Waals surface area contributed by atoms with E-state index in [-0.39, 0.29) is 60.1 Å². The first-order valence-corrected chi connectivity index (χ1v) is 11.2. The molecule has 31 heavy (non-hydrogen) atoms. The Kier molecular flexibility index (Phi) is 7.24. The molecule has 3 rings (SSSR count). The molecule has 1 aliphatic heterocycles. The van der Waals surface area contributed by atoms with E-state index in [0.29, 0.717) is 5.75 Å². The van der Waals surface area contributed by atoms with Gasteiger partial charge in [0.05, 0.1) is 19.2 Å². The lowest BCUT2D eigenvalue weighted by atomic mass is 10.3. The van der Waals surface area contributed by atoms with E-state index in [1.165, 1.54) is 47.7 Å². The van der Waals surface area contributed by atoms with Crippen LogP contribution in [0.15, 0.2) is 41.3 Å². The van der Waals surface area contributed by atoms with Crippen LogP contribution in [0.4, 0.5) is 4.39 Å². The van der Waals surface area contributed by atoms with Gasteiger partial charge < -0.3 is 19.1 Å². The van der Waals surface area contributed by atoms with E-state index < -0.39 is 15.8 Å². The lowest BCUT2D eigenvalue weighted by molar-refractivity contribution is -0.134. The van der Waals surface area contributed by atoms with Crippen molar-refractivity contribution >= 4 is 27.5 Å². The fourth-order valence-corrected chi connectivity index (χ4v) is 4.87. The molecule has 11 heteroatoms. The van der Waals surface area contributed by atoms with Gasteiger partial charge in [0, 0.05) is 38.3 Å². The van der Waals surface area contributed by atoms with Crippen molar-refractivity contribution in [2.75, 3.05) is 47.0 Å². The van der Waals surface area contributed by atoms with Crippen LogP contribution in [0.5, 0.6) is 17.2 Å². The summed E-state index contributed by atoms with van der Waals surface area (Å²) in [5, 5.41) is -0.100. The van der Waals surface area contributed by atoms with Gasteiger partial charge in [0.2, 0.25) is 10.0 Å². The molecule has 1 amide bonds. The van der Waals surface area contributed by atoms with Crippen LogP contribution in [0.3, 0.4) is 0 Å². The molecular weight excluding hydrogens is 451 g/mol. The van der Waals surface area contributed by atoms with Crippen LogP contribution < -0.4 is 14.2 Å². The Morgan fingerprint density at radius 3 is 2.32 bits per heavy atom. The number of rotatable bonds is 7. The van der Waals surface area contributed by atoms with Crippen molar-refractivity contribution in [2.45, 2.75) is 4.90 Å². The molecule has 8 nitrogen and oxygen atoms in total. The second kappa shape index (κ2) is 9.71. The van der Waals surface area contributed by atoms with E-state index in [1.54, 1.807) is 6.07 Å².